The first-order valence-electron chi connectivity index (χ1n) is 8.70. The van der Waals surface area contributed by atoms with Crippen LogP contribution in [-0.4, -0.2) is 49.3 Å². The Morgan fingerprint density at radius 2 is 2.00 bits per heavy atom. The molecule has 2 aromatic rings. The van der Waals surface area contributed by atoms with Crippen molar-refractivity contribution >= 4 is 37.4 Å². The molecule has 0 spiro atoms. The standard InChI is InChI=1S/C18H21NO5S2/c20-17(21)18(6-9-24-10-7-18)12-26(22,23)19-8-5-14-13-3-1-2-4-15(13)25-16(14)11-19/h1-4H,5-12H2,(H,20,21). The van der Waals surface area contributed by atoms with E-state index in [1.165, 1.54) is 20.0 Å². The molecule has 3 heterocycles. The predicted octanol–water partition coefficient (Wildman–Crippen LogP) is 2.47. The van der Waals surface area contributed by atoms with Gasteiger partial charge in [-0.05, 0) is 36.3 Å². The molecule has 1 saturated heterocycles. The van der Waals surface area contributed by atoms with Gasteiger partial charge in [-0.1, -0.05) is 18.2 Å². The first-order chi connectivity index (χ1) is 12.4. The third-order valence-electron chi connectivity index (χ3n) is 5.47. The summed E-state index contributed by atoms with van der Waals surface area (Å²) in [4.78, 5) is 12.9. The average Bonchev–Trinajstić information content (AvgIpc) is 3.00. The lowest BCUT2D eigenvalue weighted by Gasteiger charge is -2.35. The molecule has 140 valence electrons. The van der Waals surface area contributed by atoms with Crippen LogP contribution in [0.3, 0.4) is 0 Å². The van der Waals surface area contributed by atoms with Crippen molar-refractivity contribution in [1.29, 1.82) is 0 Å². The number of hydrogen-bond acceptors (Lipinski definition) is 5. The third kappa shape index (κ3) is 3.05. The number of carboxylic acid groups (broad SMARTS) is 1. The van der Waals surface area contributed by atoms with Crippen molar-refractivity contribution in [3.8, 4) is 0 Å². The van der Waals surface area contributed by atoms with Crippen molar-refractivity contribution in [2.75, 3.05) is 25.5 Å². The Hall–Kier alpha value is -1.48. The number of fused-ring (bicyclic) bond motifs is 3. The fraction of sp³-hybridized carbons (Fsp3) is 0.500. The minimum atomic E-state index is -3.66. The minimum absolute atomic E-state index is 0.240. The summed E-state index contributed by atoms with van der Waals surface area (Å²) < 4.78 is 33.9. The Balaban J connectivity index is 1.60. The van der Waals surface area contributed by atoms with Gasteiger partial charge in [-0.2, -0.15) is 4.31 Å². The lowest BCUT2D eigenvalue weighted by atomic mass is 9.82. The van der Waals surface area contributed by atoms with Crippen molar-refractivity contribution < 1.29 is 23.1 Å². The molecule has 2 aliphatic rings. The maximum absolute atomic E-state index is 13.0. The number of aliphatic carboxylic acids is 1. The number of rotatable bonds is 4. The van der Waals surface area contributed by atoms with Crippen molar-refractivity contribution in [3.63, 3.8) is 0 Å². The van der Waals surface area contributed by atoms with E-state index >= 15 is 0 Å². The summed E-state index contributed by atoms with van der Waals surface area (Å²) >= 11 is 1.63. The largest absolute Gasteiger partial charge is 0.481 e. The highest BCUT2D eigenvalue weighted by Crippen LogP contribution is 2.38. The van der Waals surface area contributed by atoms with Gasteiger partial charge in [0.25, 0.3) is 0 Å². The van der Waals surface area contributed by atoms with Gasteiger partial charge >= 0.3 is 5.97 Å². The molecule has 0 amide bonds. The van der Waals surface area contributed by atoms with Gasteiger partial charge in [0, 0.05) is 35.9 Å². The van der Waals surface area contributed by atoms with Crippen LogP contribution in [0.1, 0.15) is 23.3 Å². The van der Waals surface area contributed by atoms with E-state index in [0.717, 1.165) is 4.88 Å². The molecule has 1 fully saturated rings. The van der Waals surface area contributed by atoms with E-state index in [-0.39, 0.29) is 18.6 Å². The molecule has 0 saturated carbocycles. The summed E-state index contributed by atoms with van der Waals surface area (Å²) in [6.45, 7) is 1.33. The quantitative estimate of drug-likeness (QED) is 0.860. The van der Waals surface area contributed by atoms with E-state index in [1.807, 2.05) is 12.1 Å². The van der Waals surface area contributed by atoms with Crippen molar-refractivity contribution in [1.82, 2.24) is 4.31 Å². The van der Waals surface area contributed by atoms with Crippen LogP contribution in [0.4, 0.5) is 0 Å². The molecule has 1 aromatic carbocycles. The molecule has 0 aliphatic carbocycles. The van der Waals surface area contributed by atoms with Crippen LogP contribution in [0.25, 0.3) is 10.1 Å². The number of sulfonamides is 1. The van der Waals surface area contributed by atoms with Gasteiger partial charge in [0.2, 0.25) is 10.0 Å². The highest BCUT2D eigenvalue weighted by atomic mass is 32.2. The zero-order chi connectivity index (χ0) is 18.4. The van der Waals surface area contributed by atoms with Crippen LogP contribution in [0.2, 0.25) is 0 Å². The second kappa shape index (κ2) is 6.60. The normalized spacial score (nSPS) is 20.8. The zero-order valence-corrected chi connectivity index (χ0v) is 15.9. The van der Waals surface area contributed by atoms with Gasteiger partial charge in [-0.15, -0.1) is 11.3 Å². The van der Waals surface area contributed by atoms with Gasteiger partial charge < -0.3 is 9.84 Å². The second-order valence-electron chi connectivity index (χ2n) is 7.04. The molecule has 1 N–H and O–H groups in total. The highest BCUT2D eigenvalue weighted by molar-refractivity contribution is 7.89. The molecule has 4 rings (SSSR count). The van der Waals surface area contributed by atoms with Crippen LogP contribution in [0.15, 0.2) is 24.3 Å². The molecule has 0 unspecified atom stereocenters. The summed E-state index contributed by atoms with van der Waals surface area (Å²) in [6.07, 6.45) is 1.15. The Bertz CT molecular complexity index is 944. The van der Waals surface area contributed by atoms with Crippen LogP contribution in [0, 0.1) is 5.41 Å². The van der Waals surface area contributed by atoms with Crippen molar-refractivity contribution in [2.24, 2.45) is 5.41 Å². The van der Waals surface area contributed by atoms with Crippen LogP contribution in [0.5, 0.6) is 0 Å². The van der Waals surface area contributed by atoms with E-state index in [1.54, 1.807) is 11.3 Å². The summed E-state index contributed by atoms with van der Waals surface area (Å²) in [5, 5.41) is 10.9. The minimum Gasteiger partial charge on any atom is -0.481 e. The second-order valence-corrected chi connectivity index (χ2v) is 10.1. The fourth-order valence-corrected chi connectivity index (χ4v) is 7.23. The third-order valence-corrected chi connectivity index (χ3v) is 8.68. The maximum Gasteiger partial charge on any atom is 0.310 e. The smallest absolute Gasteiger partial charge is 0.310 e. The number of thiophene rings is 1. The predicted molar refractivity (Wildman–Crippen MR) is 99.8 cm³/mol. The maximum atomic E-state index is 13.0. The monoisotopic (exact) mass is 395 g/mol. The molecule has 1 aromatic heterocycles. The Morgan fingerprint density at radius 3 is 2.73 bits per heavy atom. The Labute approximate surface area is 156 Å². The van der Waals surface area contributed by atoms with Crippen molar-refractivity contribution in [2.45, 2.75) is 25.8 Å². The molecule has 26 heavy (non-hydrogen) atoms. The number of carbonyl (C=O) groups is 1. The molecule has 0 atom stereocenters. The van der Waals surface area contributed by atoms with Crippen molar-refractivity contribution in [3.05, 3.63) is 34.7 Å². The molecule has 0 bridgehead atoms. The van der Waals surface area contributed by atoms with E-state index in [2.05, 4.69) is 12.1 Å². The fourth-order valence-electron chi connectivity index (χ4n) is 3.89. The lowest BCUT2D eigenvalue weighted by molar-refractivity contribution is -0.152. The van der Waals surface area contributed by atoms with Gasteiger partial charge in [-0.3, -0.25) is 4.79 Å². The van der Waals surface area contributed by atoms with Gasteiger partial charge in [-0.25, -0.2) is 8.42 Å². The molecule has 8 heteroatoms. The van der Waals surface area contributed by atoms with E-state index < -0.39 is 21.4 Å². The van der Waals surface area contributed by atoms with Crippen LogP contribution in [-0.2, 0) is 32.5 Å². The lowest BCUT2D eigenvalue weighted by Crippen LogP contribution is -2.47. The topological polar surface area (TPSA) is 83.9 Å². The van der Waals surface area contributed by atoms with E-state index in [4.69, 9.17) is 4.74 Å². The summed E-state index contributed by atoms with van der Waals surface area (Å²) in [5.41, 5.74) is -0.00610. The number of hydrogen-bond donors (Lipinski definition) is 1. The summed E-state index contributed by atoms with van der Waals surface area (Å²) in [5.74, 6) is -1.39. The Kier molecular flexibility index (Phi) is 4.54. The van der Waals surface area contributed by atoms with Crippen LogP contribution < -0.4 is 0 Å². The average molecular weight is 396 g/mol. The highest BCUT2D eigenvalue weighted by Gasteiger charge is 2.46. The number of nitrogens with zero attached hydrogens (tertiary/aromatic N) is 1. The molecular weight excluding hydrogens is 374 g/mol. The van der Waals surface area contributed by atoms with Gasteiger partial charge in [0.05, 0.1) is 11.2 Å². The van der Waals surface area contributed by atoms with E-state index in [9.17, 15) is 18.3 Å². The SMILES string of the molecule is O=C(O)C1(CS(=O)(=O)N2CCc3c(sc4ccccc34)C2)CCOCC1. The summed E-state index contributed by atoms with van der Waals surface area (Å²) in [6, 6.07) is 8.12. The molecular formula is C18H21NO5S2. The number of ether oxygens (including phenoxy) is 1. The first-order valence-corrected chi connectivity index (χ1v) is 11.1. The molecule has 0 radical (unpaired) electrons. The molecule has 2 aliphatic heterocycles. The number of carboxylic acids is 1. The number of benzene rings is 1. The van der Waals surface area contributed by atoms with Gasteiger partial charge in [0.1, 0.15) is 0 Å². The Morgan fingerprint density at radius 1 is 1.27 bits per heavy atom. The van der Waals surface area contributed by atoms with Crippen LogP contribution >= 0.6 is 11.3 Å². The zero-order valence-electron chi connectivity index (χ0n) is 14.3. The molecule has 6 nitrogen and oxygen atoms in total. The first kappa shape index (κ1) is 17.9. The summed E-state index contributed by atoms with van der Waals surface area (Å²) in [7, 11) is -3.66. The van der Waals surface area contributed by atoms with Gasteiger partial charge in [0.15, 0.2) is 0 Å². The van der Waals surface area contributed by atoms with E-state index in [0.29, 0.717) is 32.7 Å².